The van der Waals surface area contributed by atoms with Crippen molar-refractivity contribution in [1.82, 2.24) is 19.7 Å². The van der Waals surface area contributed by atoms with Crippen molar-refractivity contribution in [3.8, 4) is 28.5 Å². The van der Waals surface area contributed by atoms with Gasteiger partial charge in [-0.2, -0.15) is 10.4 Å². The molecule has 6 aromatic rings. The van der Waals surface area contributed by atoms with Crippen LogP contribution in [0.25, 0.3) is 55.1 Å². The molecular weight excluding hydrogens is 430 g/mol. The Labute approximate surface area is 203 Å². The van der Waals surface area contributed by atoms with E-state index in [0.717, 1.165) is 60.7 Å². The van der Waals surface area contributed by atoms with Crippen molar-refractivity contribution >= 4 is 32.7 Å². The standard InChI is InChI=1S/C30H23N5/c1-30(2,18-31)23-11-8-20(9-12-23)29-28-24-15-21(10-13-25(24)33-17-27(28)35(3)34-29)22-7-6-19-5-4-14-32-26(19)16-22/h4-17H,1-3H3. The van der Waals surface area contributed by atoms with E-state index in [2.05, 4.69) is 65.7 Å². The molecule has 0 saturated carbocycles. The number of aryl methyl sites for hydroxylation is 1. The molecule has 0 radical (unpaired) electrons. The average Bonchev–Trinajstić information content (AvgIpc) is 3.25. The van der Waals surface area contributed by atoms with Crippen molar-refractivity contribution in [2.24, 2.45) is 7.05 Å². The quantitative estimate of drug-likeness (QED) is 0.295. The van der Waals surface area contributed by atoms with Crippen LogP contribution in [0.5, 0.6) is 0 Å². The van der Waals surface area contributed by atoms with E-state index in [-0.39, 0.29) is 0 Å². The van der Waals surface area contributed by atoms with Crippen molar-refractivity contribution in [3.63, 3.8) is 0 Å². The van der Waals surface area contributed by atoms with E-state index in [1.54, 1.807) is 0 Å². The molecule has 0 unspecified atom stereocenters. The fraction of sp³-hybridized carbons (Fsp3) is 0.133. The van der Waals surface area contributed by atoms with Crippen LogP contribution >= 0.6 is 0 Å². The maximum absolute atomic E-state index is 9.50. The van der Waals surface area contributed by atoms with Gasteiger partial charge >= 0.3 is 0 Å². The van der Waals surface area contributed by atoms with Gasteiger partial charge < -0.3 is 0 Å². The Kier molecular flexibility index (Phi) is 4.65. The minimum atomic E-state index is -0.537. The molecule has 5 heteroatoms. The van der Waals surface area contributed by atoms with Crippen LogP contribution < -0.4 is 0 Å². The molecule has 3 heterocycles. The van der Waals surface area contributed by atoms with Gasteiger partial charge in [0.25, 0.3) is 0 Å². The molecule has 0 fully saturated rings. The van der Waals surface area contributed by atoms with E-state index in [1.807, 2.05) is 56.2 Å². The van der Waals surface area contributed by atoms with Crippen LogP contribution in [-0.2, 0) is 12.5 Å². The summed E-state index contributed by atoms with van der Waals surface area (Å²) in [6.45, 7) is 3.86. The average molecular weight is 454 g/mol. The molecule has 0 saturated heterocycles. The lowest BCUT2D eigenvalue weighted by molar-refractivity contribution is 0.687. The number of hydrogen-bond donors (Lipinski definition) is 0. The molecule has 35 heavy (non-hydrogen) atoms. The summed E-state index contributed by atoms with van der Waals surface area (Å²) in [7, 11) is 1.95. The second-order valence-electron chi connectivity index (χ2n) is 9.45. The lowest BCUT2D eigenvalue weighted by Gasteiger charge is -2.15. The van der Waals surface area contributed by atoms with E-state index in [4.69, 9.17) is 10.1 Å². The first kappa shape index (κ1) is 21.0. The first-order valence-electron chi connectivity index (χ1n) is 11.6. The zero-order chi connectivity index (χ0) is 24.2. The molecule has 0 N–H and O–H groups in total. The molecule has 0 aliphatic heterocycles. The highest BCUT2D eigenvalue weighted by molar-refractivity contribution is 6.12. The molecule has 3 aromatic carbocycles. The summed E-state index contributed by atoms with van der Waals surface area (Å²) in [6.07, 6.45) is 3.71. The third-order valence-corrected chi connectivity index (χ3v) is 6.78. The first-order valence-corrected chi connectivity index (χ1v) is 11.6. The minimum Gasteiger partial charge on any atom is -0.266 e. The van der Waals surface area contributed by atoms with Crippen LogP contribution in [-0.4, -0.2) is 19.7 Å². The summed E-state index contributed by atoms with van der Waals surface area (Å²) < 4.78 is 1.89. The van der Waals surface area contributed by atoms with Gasteiger partial charge in [-0.05, 0) is 54.8 Å². The number of benzene rings is 3. The molecule has 0 aliphatic rings. The third-order valence-electron chi connectivity index (χ3n) is 6.78. The fourth-order valence-corrected chi connectivity index (χ4v) is 4.67. The second kappa shape index (κ2) is 7.75. The SMILES string of the molecule is Cn1nc(-c2ccc(C(C)(C)C#N)cc2)c2c3cc(-c4ccc5cccnc5c4)ccc3ncc21. The highest BCUT2D eigenvalue weighted by Gasteiger charge is 2.21. The molecule has 6 rings (SSSR count). The molecule has 168 valence electrons. The summed E-state index contributed by atoms with van der Waals surface area (Å²) in [5, 5.41) is 17.6. The molecule has 0 bridgehead atoms. The van der Waals surface area contributed by atoms with Gasteiger partial charge in [-0.3, -0.25) is 14.6 Å². The van der Waals surface area contributed by atoms with Crippen molar-refractivity contribution in [2.45, 2.75) is 19.3 Å². The molecule has 0 atom stereocenters. The largest absolute Gasteiger partial charge is 0.266 e. The van der Waals surface area contributed by atoms with Gasteiger partial charge in [0, 0.05) is 35.0 Å². The number of aromatic nitrogens is 4. The van der Waals surface area contributed by atoms with Crippen molar-refractivity contribution in [2.75, 3.05) is 0 Å². The number of hydrogen-bond acceptors (Lipinski definition) is 4. The van der Waals surface area contributed by atoms with Gasteiger partial charge in [0.2, 0.25) is 0 Å². The smallest absolute Gasteiger partial charge is 0.101 e. The van der Waals surface area contributed by atoms with E-state index in [0.29, 0.717) is 0 Å². The first-order chi connectivity index (χ1) is 16.9. The fourth-order valence-electron chi connectivity index (χ4n) is 4.67. The topological polar surface area (TPSA) is 67.4 Å². The molecular formula is C30H23N5. The van der Waals surface area contributed by atoms with Crippen molar-refractivity contribution < 1.29 is 0 Å². The van der Waals surface area contributed by atoms with Gasteiger partial charge in [0.05, 0.1) is 34.2 Å². The van der Waals surface area contributed by atoms with Crippen LogP contribution in [0.3, 0.4) is 0 Å². The Hall–Kier alpha value is -4.56. The normalized spacial score (nSPS) is 11.8. The van der Waals surface area contributed by atoms with Gasteiger partial charge in [-0.1, -0.05) is 48.5 Å². The number of nitrogens with zero attached hydrogens (tertiary/aromatic N) is 5. The highest BCUT2D eigenvalue weighted by atomic mass is 15.3. The van der Waals surface area contributed by atoms with Gasteiger partial charge in [0.15, 0.2) is 0 Å². The summed E-state index contributed by atoms with van der Waals surface area (Å²) >= 11 is 0. The lowest BCUT2D eigenvalue weighted by atomic mass is 9.86. The van der Waals surface area contributed by atoms with Crippen LogP contribution in [0.4, 0.5) is 0 Å². The van der Waals surface area contributed by atoms with E-state index in [1.165, 1.54) is 0 Å². The van der Waals surface area contributed by atoms with Crippen molar-refractivity contribution in [1.29, 1.82) is 5.26 Å². The summed E-state index contributed by atoms with van der Waals surface area (Å²) in [4.78, 5) is 9.23. The predicted octanol–water partition coefficient (Wildman–Crippen LogP) is 6.80. The monoisotopic (exact) mass is 453 g/mol. The molecule has 5 nitrogen and oxygen atoms in total. The minimum absolute atomic E-state index is 0.537. The predicted molar refractivity (Wildman–Crippen MR) is 141 cm³/mol. The maximum Gasteiger partial charge on any atom is 0.101 e. The number of nitriles is 1. The summed E-state index contributed by atoms with van der Waals surface area (Å²) in [5.74, 6) is 0. The van der Waals surface area contributed by atoms with Crippen LogP contribution in [0, 0.1) is 11.3 Å². The maximum atomic E-state index is 9.50. The molecule has 0 aliphatic carbocycles. The van der Waals surface area contributed by atoms with E-state index >= 15 is 0 Å². The van der Waals surface area contributed by atoms with Gasteiger partial charge in [-0.25, -0.2) is 0 Å². The summed E-state index contributed by atoms with van der Waals surface area (Å²) in [6, 6.07) is 27.3. The zero-order valence-electron chi connectivity index (χ0n) is 19.8. The molecule has 0 amide bonds. The Morgan fingerprint density at radius 2 is 1.57 bits per heavy atom. The zero-order valence-corrected chi connectivity index (χ0v) is 19.8. The van der Waals surface area contributed by atoms with Crippen LogP contribution in [0.15, 0.2) is 85.2 Å². The second-order valence-corrected chi connectivity index (χ2v) is 9.45. The Balaban J connectivity index is 1.55. The van der Waals surface area contributed by atoms with E-state index < -0.39 is 5.41 Å². The lowest BCUT2D eigenvalue weighted by Crippen LogP contribution is -2.13. The van der Waals surface area contributed by atoms with Crippen molar-refractivity contribution in [3.05, 3.63) is 90.8 Å². The Bertz CT molecular complexity index is 1790. The summed E-state index contributed by atoms with van der Waals surface area (Å²) in [5.41, 5.74) is 7.48. The third kappa shape index (κ3) is 3.43. The van der Waals surface area contributed by atoms with E-state index in [9.17, 15) is 5.26 Å². The highest BCUT2D eigenvalue weighted by Crippen LogP contribution is 2.36. The number of pyridine rings is 2. The Morgan fingerprint density at radius 3 is 2.37 bits per heavy atom. The number of rotatable bonds is 3. The Morgan fingerprint density at radius 1 is 0.829 bits per heavy atom. The molecule has 0 spiro atoms. The van der Waals surface area contributed by atoms with Crippen LogP contribution in [0.2, 0.25) is 0 Å². The number of fused-ring (bicyclic) bond motifs is 4. The van der Waals surface area contributed by atoms with Gasteiger partial charge in [-0.15, -0.1) is 0 Å². The van der Waals surface area contributed by atoms with Gasteiger partial charge in [0.1, 0.15) is 5.69 Å². The molecule has 3 aromatic heterocycles. The van der Waals surface area contributed by atoms with Crippen LogP contribution in [0.1, 0.15) is 19.4 Å².